The first-order valence-corrected chi connectivity index (χ1v) is 8.52. The van der Waals surface area contributed by atoms with Crippen LogP contribution in [-0.2, 0) is 9.59 Å². The number of hydrogen-bond acceptors (Lipinski definition) is 5. The maximum absolute atomic E-state index is 11.9. The molecule has 2 aromatic rings. The van der Waals surface area contributed by atoms with Crippen molar-refractivity contribution in [2.24, 2.45) is 0 Å². The molecule has 2 rings (SSSR count). The Labute approximate surface area is 163 Å². The molecule has 0 unspecified atom stereocenters. The first-order chi connectivity index (χ1) is 12.9. The van der Waals surface area contributed by atoms with Gasteiger partial charge in [-0.2, -0.15) is 0 Å². The van der Waals surface area contributed by atoms with E-state index >= 15 is 0 Å². The first kappa shape index (κ1) is 20.2. The van der Waals surface area contributed by atoms with Crippen LogP contribution in [0.3, 0.4) is 0 Å². The van der Waals surface area contributed by atoms with Gasteiger partial charge in [0.15, 0.2) is 11.7 Å². The number of methoxy groups -OCH3 is 1. The minimum atomic E-state index is -0.378. The van der Waals surface area contributed by atoms with E-state index in [-0.39, 0.29) is 23.5 Å². The van der Waals surface area contributed by atoms with E-state index in [0.717, 1.165) is 5.69 Å². The van der Waals surface area contributed by atoms with E-state index in [4.69, 9.17) is 21.7 Å². The van der Waals surface area contributed by atoms with Crippen molar-refractivity contribution in [3.63, 3.8) is 0 Å². The molecule has 0 bridgehead atoms. The van der Waals surface area contributed by atoms with Gasteiger partial charge in [0, 0.05) is 25.3 Å². The lowest BCUT2D eigenvalue weighted by Crippen LogP contribution is -2.37. The number of nitrogens with one attached hydrogen (secondary N) is 2. The lowest BCUT2D eigenvalue weighted by Gasteiger charge is -2.16. The molecule has 0 aliphatic heterocycles. The number of ether oxygens (including phenoxy) is 2. The molecule has 0 aliphatic rings. The molecule has 7 nitrogen and oxygen atoms in total. The van der Waals surface area contributed by atoms with Gasteiger partial charge in [0.2, 0.25) is 5.91 Å². The van der Waals surface area contributed by atoms with Gasteiger partial charge in [-0.3, -0.25) is 14.9 Å². The number of carbonyl (C=O) groups is 2. The van der Waals surface area contributed by atoms with Crippen LogP contribution in [0.2, 0.25) is 0 Å². The third kappa shape index (κ3) is 6.27. The number of nitrogens with zero attached hydrogens (tertiary/aromatic N) is 1. The summed E-state index contributed by atoms with van der Waals surface area (Å²) >= 11 is 5.12. The summed E-state index contributed by atoms with van der Waals surface area (Å²) in [5, 5.41) is 5.61. The first-order valence-electron chi connectivity index (χ1n) is 8.11. The molecule has 0 spiro atoms. The highest BCUT2D eigenvalue weighted by molar-refractivity contribution is 7.80. The minimum absolute atomic E-state index is 0.0599. The van der Waals surface area contributed by atoms with E-state index in [2.05, 4.69) is 10.6 Å². The monoisotopic (exact) mass is 387 g/mol. The third-order valence-corrected chi connectivity index (χ3v) is 3.87. The Morgan fingerprint density at radius 2 is 1.63 bits per heavy atom. The zero-order valence-electron chi connectivity index (χ0n) is 15.3. The van der Waals surface area contributed by atoms with Gasteiger partial charge in [0.1, 0.15) is 11.5 Å². The second kappa shape index (κ2) is 9.54. The van der Waals surface area contributed by atoms with Gasteiger partial charge in [-0.25, -0.2) is 0 Å². The fourth-order valence-electron chi connectivity index (χ4n) is 2.10. The van der Waals surface area contributed by atoms with Gasteiger partial charge in [0.05, 0.1) is 7.11 Å². The van der Waals surface area contributed by atoms with E-state index in [1.807, 2.05) is 0 Å². The van der Waals surface area contributed by atoms with Crippen molar-refractivity contribution < 1.29 is 19.1 Å². The average molecular weight is 387 g/mol. The van der Waals surface area contributed by atoms with Crippen LogP contribution in [0.25, 0.3) is 0 Å². The molecular weight excluding hydrogens is 366 g/mol. The van der Waals surface area contributed by atoms with E-state index in [1.165, 1.54) is 11.8 Å². The maximum atomic E-state index is 11.9. The van der Waals surface area contributed by atoms with Crippen molar-refractivity contribution in [2.75, 3.05) is 31.0 Å². The van der Waals surface area contributed by atoms with Crippen LogP contribution in [0, 0.1) is 0 Å². The third-order valence-electron chi connectivity index (χ3n) is 3.67. The Morgan fingerprint density at radius 1 is 1.04 bits per heavy atom. The standard InChI is InChI=1S/C19H21N3O4S/c1-13(23)22(2)15-6-4-14(5-7-15)20-19(27)21-18(24)12-26-17-10-8-16(25-3)9-11-17/h4-11H,12H2,1-3H3,(H2,20,21,24,27). The molecule has 0 fully saturated rings. The number of anilines is 2. The number of benzene rings is 2. The molecule has 0 atom stereocenters. The van der Waals surface area contributed by atoms with E-state index in [0.29, 0.717) is 17.2 Å². The smallest absolute Gasteiger partial charge is 0.264 e. The van der Waals surface area contributed by atoms with Crippen molar-refractivity contribution in [3.8, 4) is 11.5 Å². The molecule has 0 aliphatic carbocycles. The van der Waals surface area contributed by atoms with Crippen molar-refractivity contribution in [1.82, 2.24) is 5.32 Å². The Kier molecular flexibility index (Phi) is 7.13. The van der Waals surface area contributed by atoms with Gasteiger partial charge >= 0.3 is 0 Å². The maximum Gasteiger partial charge on any atom is 0.264 e. The van der Waals surface area contributed by atoms with Gasteiger partial charge < -0.3 is 19.7 Å². The Balaban J connectivity index is 1.80. The van der Waals surface area contributed by atoms with Crippen LogP contribution in [0.4, 0.5) is 11.4 Å². The summed E-state index contributed by atoms with van der Waals surface area (Å²) in [6, 6.07) is 14.0. The molecule has 27 heavy (non-hydrogen) atoms. The number of thiocarbonyl (C=S) groups is 1. The van der Waals surface area contributed by atoms with Crippen LogP contribution >= 0.6 is 12.2 Å². The number of rotatable bonds is 6. The topological polar surface area (TPSA) is 79.9 Å². The summed E-state index contributed by atoms with van der Waals surface area (Å²) in [5.74, 6) is 0.819. The summed E-state index contributed by atoms with van der Waals surface area (Å²) in [5.41, 5.74) is 1.45. The Bertz CT molecular complexity index is 807. The van der Waals surface area contributed by atoms with Crippen molar-refractivity contribution in [1.29, 1.82) is 0 Å². The quantitative estimate of drug-likeness (QED) is 0.742. The van der Waals surface area contributed by atoms with Crippen LogP contribution in [-0.4, -0.2) is 37.7 Å². The Morgan fingerprint density at radius 3 is 2.19 bits per heavy atom. The predicted octanol–water partition coefficient (Wildman–Crippen LogP) is 2.57. The number of hydrogen-bond donors (Lipinski definition) is 2. The van der Waals surface area contributed by atoms with Crippen molar-refractivity contribution >= 4 is 40.5 Å². The van der Waals surface area contributed by atoms with Crippen molar-refractivity contribution in [3.05, 3.63) is 48.5 Å². The summed E-state index contributed by atoms with van der Waals surface area (Å²) < 4.78 is 10.4. The Hall–Kier alpha value is -3.13. The molecule has 0 heterocycles. The summed E-state index contributed by atoms with van der Waals surface area (Å²) in [4.78, 5) is 24.8. The van der Waals surface area contributed by atoms with Gasteiger partial charge in [-0.05, 0) is 60.7 Å². The summed E-state index contributed by atoms with van der Waals surface area (Å²) in [6.45, 7) is 1.32. The van der Waals surface area contributed by atoms with E-state index in [1.54, 1.807) is 62.7 Å². The second-order valence-electron chi connectivity index (χ2n) is 5.59. The summed E-state index contributed by atoms with van der Waals surface area (Å²) in [6.07, 6.45) is 0. The predicted molar refractivity (Wildman–Crippen MR) is 108 cm³/mol. The highest BCUT2D eigenvalue weighted by Crippen LogP contribution is 2.17. The van der Waals surface area contributed by atoms with Crippen molar-refractivity contribution in [2.45, 2.75) is 6.92 Å². The van der Waals surface area contributed by atoms with Crippen LogP contribution in [0.15, 0.2) is 48.5 Å². The number of amides is 2. The van der Waals surface area contributed by atoms with Crippen LogP contribution in [0.5, 0.6) is 11.5 Å². The SMILES string of the molecule is COc1ccc(OCC(=O)NC(=S)Nc2ccc(N(C)C(C)=O)cc2)cc1. The summed E-state index contributed by atoms with van der Waals surface area (Å²) in [7, 11) is 3.27. The van der Waals surface area contributed by atoms with Gasteiger partial charge in [-0.15, -0.1) is 0 Å². The van der Waals surface area contributed by atoms with E-state index < -0.39 is 0 Å². The fourth-order valence-corrected chi connectivity index (χ4v) is 2.33. The normalized spacial score (nSPS) is 9.89. The lowest BCUT2D eigenvalue weighted by molar-refractivity contribution is -0.121. The molecule has 2 aromatic carbocycles. The molecule has 0 saturated heterocycles. The second-order valence-corrected chi connectivity index (χ2v) is 6.00. The zero-order chi connectivity index (χ0) is 19.8. The fraction of sp³-hybridized carbons (Fsp3) is 0.211. The van der Waals surface area contributed by atoms with Gasteiger partial charge in [-0.1, -0.05) is 0 Å². The van der Waals surface area contributed by atoms with Gasteiger partial charge in [0.25, 0.3) is 5.91 Å². The lowest BCUT2D eigenvalue weighted by atomic mass is 10.2. The molecule has 2 amide bonds. The molecule has 0 aromatic heterocycles. The van der Waals surface area contributed by atoms with Crippen LogP contribution in [0.1, 0.15) is 6.92 Å². The molecule has 0 radical (unpaired) electrons. The molecule has 0 saturated carbocycles. The molecular formula is C19H21N3O4S. The minimum Gasteiger partial charge on any atom is -0.497 e. The zero-order valence-corrected chi connectivity index (χ0v) is 16.1. The highest BCUT2D eigenvalue weighted by atomic mass is 32.1. The highest BCUT2D eigenvalue weighted by Gasteiger charge is 2.08. The average Bonchev–Trinajstić information content (AvgIpc) is 2.66. The molecule has 8 heteroatoms. The largest absolute Gasteiger partial charge is 0.497 e. The molecule has 142 valence electrons. The number of carbonyl (C=O) groups excluding carboxylic acids is 2. The molecule has 2 N–H and O–H groups in total. The van der Waals surface area contributed by atoms with Crippen LogP contribution < -0.4 is 25.0 Å². The van der Waals surface area contributed by atoms with E-state index in [9.17, 15) is 9.59 Å².